The number of carboxylic acid groups (broad SMARTS) is 1. The van der Waals surface area contributed by atoms with Gasteiger partial charge >= 0.3 is 12.1 Å². The third-order valence-electron chi connectivity index (χ3n) is 5.69. The predicted molar refractivity (Wildman–Crippen MR) is 129 cm³/mol. The third kappa shape index (κ3) is 6.02. The Morgan fingerprint density at radius 3 is 2.44 bits per heavy atom. The second-order valence-corrected chi connectivity index (χ2v) is 10.3. The number of fused-ring (bicyclic) bond motifs is 1. The number of ether oxygens (including phenoxy) is 2. The molecule has 0 saturated carbocycles. The van der Waals surface area contributed by atoms with Gasteiger partial charge in [0.1, 0.15) is 12.4 Å². The van der Waals surface area contributed by atoms with E-state index in [0.29, 0.717) is 18.5 Å². The van der Waals surface area contributed by atoms with Gasteiger partial charge in [0.15, 0.2) is 16.4 Å². The zero-order chi connectivity index (χ0) is 25.7. The number of carboxylic acids is 1. The highest BCUT2D eigenvalue weighted by molar-refractivity contribution is 7.90. The molecule has 1 aliphatic heterocycles. The second kappa shape index (κ2) is 10.8. The summed E-state index contributed by atoms with van der Waals surface area (Å²) in [5.74, 6) is -1.02. The average molecular weight is 512 g/mol. The molecule has 0 spiro atoms. The number of sulfone groups is 1. The first-order valence-electron chi connectivity index (χ1n) is 11.1. The second-order valence-electron chi connectivity index (χ2n) is 8.26. The zero-order valence-corrected chi connectivity index (χ0v) is 20.3. The lowest BCUT2D eigenvalue weighted by atomic mass is 9.89. The Labute approximate surface area is 208 Å². The molecule has 10 heteroatoms. The zero-order valence-electron chi connectivity index (χ0n) is 19.5. The number of carbonyl (C=O) groups is 2. The molecule has 0 fully saturated rings. The van der Waals surface area contributed by atoms with E-state index in [1.165, 1.54) is 23.3 Å². The normalized spacial score (nSPS) is 15.5. The molecule has 0 aromatic heterocycles. The van der Waals surface area contributed by atoms with Crippen molar-refractivity contribution in [2.45, 2.75) is 24.0 Å². The Morgan fingerprint density at radius 1 is 1.00 bits per heavy atom. The van der Waals surface area contributed by atoms with Crippen LogP contribution in [0.15, 0.2) is 77.7 Å². The molecule has 4 rings (SSSR count). The van der Waals surface area contributed by atoms with E-state index in [2.05, 4.69) is 0 Å². The van der Waals surface area contributed by atoms with Gasteiger partial charge in [-0.2, -0.15) is 0 Å². The minimum atomic E-state index is -3.59. The maximum absolute atomic E-state index is 12.6. The lowest BCUT2D eigenvalue weighted by Gasteiger charge is -2.36. The molecule has 3 aromatic carbocycles. The fourth-order valence-electron chi connectivity index (χ4n) is 4.04. The Kier molecular flexibility index (Phi) is 7.56. The number of rotatable bonds is 8. The summed E-state index contributed by atoms with van der Waals surface area (Å²) in [4.78, 5) is 29.4. The van der Waals surface area contributed by atoms with Gasteiger partial charge in [-0.3, -0.25) is 0 Å². The Hall–Kier alpha value is -3.89. The summed E-state index contributed by atoms with van der Waals surface area (Å²) in [7, 11) is -3.59. The quantitative estimate of drug-likeness (QED) is 0.451. The first-order chi connectivity index (χ1) is 17.2. The van der Waals surface area contributed by atoms with E-state index in [1.54, 1.807) is 0 Å². The van der Waals surface area contributed by atoms with E-state index in [1.807, 2.05) is 54.6 Å². The largest absolute Gasteiger partial charge is 0.528 e. The van der Waals surface area contributed by atoms with Crippen molar-refractivity contribution in [3.05, 3.63) is 95.1 Å². The maximum atomic E-state index is 12.6. The lowest BCUT2D eigenvalue weighted by molar-refractivity contribution is -0.152. The van der Waals surface area contributed by atoms with Crippen LogP contribution in [0.3, 0.4) is 0 Å². The molecule has 1 atom stereocenters. The van der Waals surface area contributed by atoms with Gasteiger partial charge in [-0.05, 0) is 41.3 Å². The van der Waals surface area contributed by atoms with Gasteiger partial charge in [0, 0.05) is 18.4 Å². The van der Waals surface area contributed by atoms with Gasteiger partial charge in [-0.25, -0.2) is 18.0 Å². The molecule has 3 aromatic rings. The summed E-state index contributed by atoms with van der Waals surface area (Å²) in [6, 6.07) is 20.1. The number of hydrogen-bond acceptors (Lipinski definition) is 8. The Bertz CT molecular complexity index is 1360. The van der Waals surface area contributed by atoms with E-state index in [0.717, 1.165) is 22.9 Å². The molecule has 0 aliphatic carbocycles. The summed E-state index contributed by atoms with van der Waals surface area (Å²) in [5.41, 5.74) is 2.89. The molecule has 9 nitrogen and oxygen atoms in total. The number of aliphatic carboxylic acids is 1. The first-order valence-corrected chi connectivity index (χ1v) is 13.0. The number of carbonyl (C=O) groups excluding carboxylic acids is 1. The van der Waals surface area contributed by atoms with Gasteiger partial charge in [0.25, 0.3) is 0 Å². The van der Waals surface area contributed by atoms with Gasteiger partial charge in [0.05, 0.1) is 10.9 Å². The van der Waals surface area contributed by atoms with Crippen LogP contribution in [0.1, 0.15) is 28.3 Å². The minimum absolute atomic E-state index is 0.0191. The molecule has 0 radical (unpaired) electrons. The molecular formula is C26H25NO8S. The van der Waals surface area contributed by atoms with Crippen molar-refractivity contribution in [2.75, 3.05) is 19.4 Å². The van der Waals surface area contributed by atoms with Crippen molar-refractivity contribution in [2.24, 2.45) is 0 Å². The smallest absolute Gasteiger partial charge is 0.482 e. The van der Waals surface area contributed by atoms with Crippen LogP contribution in [0.25, 0.3) is 0 Å². The van der Waals surface area contributed by atoms with Gasteiger partial charge in [-0.1, -0.05) is 54.6 Å². The van der Waals surface area contributed by atoms with Crippen LogP contribution in [0.2, 0.25) is 0 Å². The van der Waals surface area contributed by atoms with Crippen molar-refractivity contribution in [3.8, 4) is 5.75 Å². The molecule has 1 unspecified atom stereocenters. The SMILES string of the molecule is CS(=O)(=O)c1ccc(OCC(=O)O)c(C2c3ccccc3CCN2OC(=O)OCc2ccccc2)c1. The van der Waals surface area contributed by atoms with Crippen molar-refractivity contribution >= 4 is 22.0 Å². The van der Waals surface area contributed by atoms with Crippen LogP contribution >= 0.6 is 0 Å². The molecule has 1 aliphatic rings. The summed E-state index contributed by atoms with van der Waals surface area (Å²) in [6.45, 7) is -0.311. The van der Waals surface area contributed by atoms with Crippen molar-refractivity contribution in [3.63, 3.8) is 0 Å². The van der Waals surface area contributed by atoms with E-state index in [9.17, 15) is 18.0 Å². The van der Waals surface area contributed by atoms with Crippen molar-refractivity contribution in [1.82, 2.24) is 5.06 Å². The van der Waals surface area contributed by atoms with Crippen molar-refractivity contribution < 1.29 is 37.4 Å². The molecule has 188 valence electrons. The standard InChI is InChI=1S/C26H25NO8S/c1-36(31,32)20-11-12-23(33-17-24(28)29)22(15-20)25-21-10-6-5-9-19(21)13-14-27(25)35-26(30)34-16-18-7-3-2-4-8-18/h2-12,15,25H,13-14,16-17H2,1H3,(H,28,29). The average Bonchev–Trinajstić information content (AvgIpc) is 2.86. The molecule has 36 heavy (non-hydrogen) atoms. The van der Waals surface area contributed by atoms with Crippen LogP contribution in [0.5, 0.6) is 5.75 Å². The monoisotopic (exact) mass is 511 g/mol. The summed E-state index contributed by atoms with van der Waals surface area (Å²) >= 11 is 0. The number of hydroxylamine groups is 2. The van der Waals surface area contributed by atoms with E-state index >= 15 is 0 Å². The van der Waals surface area contributed by atoms with Crippen molar-refractivity contribution in [1.29, 1.82) is 0 Å². The van der Waals surface area contributed by atoms with Crippen LogP contribution in [0.4, 0.5) is 4.79 Å². The minimum Gasteiger partial charge on any atom is -0.482 e. The fourth-order valence-corrected chi connectivity index (χ4v) is 4.70. The molecule has 1 heterocycles. The van der Waals surface area contributed by atoms with E-state index in [4.69, 9.17) is 19.4 Å². The van der Waals surface area contributed by atoms with Crippen LogP contribution in [0, 0.1) is 0 Å². The van der Waals surface area contributed by atoms with Crippen LogP contribution in [-0.4, -0.2) is 50.1 Å². The number of benzene rings is 3. The summed E-state index contributed by atoms with van der Waals surface area (Å²) in [5, 5.41) is 10.5. The summed E-state index contributed by atoms with van der Waals surface area (Å²) in [6.07, 6.45) is 0.722. The molecular weight excluding hydrogens is 486 g/mol. The highest BCUT2D eigenvalue weighted by atomic mass is 32.2. The number of hydrogen-bond donors (Lipinski definition) is 1. The maximum Gasteiger partial charge on any atom is 0.528 e. The molecule has 0 amide bonds. The molecule has 1 N–H and O–H groups in total. The molecule has 0 bridgehead atoms. The van der Waals surface area contributed by atoms with E-state index < -0.39 is 34.6 Å². The fraction of sp³-hybridized carbons (Fsp3) is 0.231. The molecule has 0 saturated heterocycles. The highest BCUT2D eigenvalue weighted by Gasteiger charge is 2.35. The van der Waals surface area contributed by atoms with E-state index in [-0.39, 0.29) is 17.3 Å². The lowest BCUT2D eigenvalue weighted by Crippen LogP contribution is -2.38. The van der Waals surface area contributed by atoms with Gasteiger partial charge in [-0.15, -0.1) is 5.06 Å². The van der Waals surface area contributed by atoms with Crippen LogP contribution in [-0.2, 0) is 37.2 Å². The predicted octanol–water partition coefficient (Wildman–Crippen LogP) is 3.77. The first kappa shape index (κ1) is 25.2. The third-order valence-corrected chi connectivity index (χ3v) is 6.80. The van der Waals surface area contributed by atoms with Gasteiger partial charge in [0.2, 0.25) is 0 Å². The Balaban J connectivity index is 1.70. The Morgan fingerprint density at radius 2 is 1.72 bits per heavy atom. The van der Waals surface area contributed by atoms with Gasteiger partial charge < -0.3 is 19.4 Å². The topological polar surface area (TPSA) is 119 Å². The number of nitrogens with zero attached hydrogens (tertiary/aromatic N) is 1. The summed E-state index contributed by atoms with van der Waals surface area (Å²) < 4.78 is 35.4. The highest BCUT2D eigenvalue weighted by Crippen LogP contribution is 2.40. The van der Waals surface area contributed by atoms with Crippen LogP contribution < -0.4 is 4.74 Å².